The smallest absolute Gasteiger partial charge is 0.352 e. The number of amides is 1. The number of carbonyl (C=O) groups excluding carboxylic acids is 1. The molecule has 0 unspecified atom stereocenters. The maximum absolute atomic E-state index is 14.3. The first kappa shape index (κ1) is 21.7. The summed E-state index contributed by atoms with van der Waals surface area (Å²) in [5, 5.41) is 0.148. The number of aromatic nitrogens is 2. The number of carbonyl (C=O) groups is 1. The number of alkyl halides is 3. The fourth-order valence-corrected chi connectivity index (χ4v) is 3.77. The lowest BCUT2D eigenvalue weighted by Crippen LogP contribution is -2.48. The Labute approximate surface area is 179 Å². The fourth-order valence-electron chi connectivity index (χ4n) is 3.77. The van der Waals surface area contributed by atoms with E-state index in [1.165, 1.54) is 12.4 Å². The third-order valence-electron chi connectivity index (χ3n) is 5.35. The molecule has 0 atom stereocenters. The van der Waals surface area contributed by atoms with Crippen LogP contribution in [0.1, 0.15) is 5.56 Å². The van der Waals surface area contributed by atoms with Crippen molar-refractivity contribution in [3.05, 3.63) is 66.5 Å². The molecular formula is C22H17F5N4O. The Hall–Kier alpha value is -3.56. The molecule has 1 amide bonds. The average molecular weight is 448 g/mol. The van der Waals surface area contributed by atoms with Gasteiger partial charge in [-0.15, -0.1) is 0 Å². The van der Waals surface area contributed by atoms with Gasteiger partial charge in [-0.25, -0.2) is 18.7 Å². The Morgan fingerprint density at radius 1 is 1.00 bits per heavy atom. The molecule has 1 saturated heterocycles. The molecule has 2 aromatic carbocycles. The molecular weight excluding hydrogens is 431 g/mol. The number of anilines is 1. The second kappa shape index (κ2) is 8.18. The van der Waals surface area contributed by atoms with Crippen molar-refractivity contribution in [1.82, 2.24) is 14.9 Å². The van der Waals surface area contributed by atoms with Gasteiger partial charge < -0.3 is 9.80 Å². The van der Waals surface area contributed by atoms with E-state index in [9.17, 15) is 26.7 Å². The van der Waals surface area contributed by atoms with E-state index >= 15 is 0 Å². The predicted octanol–water partition coefficient (Wildman–Crippen LogP) is 4.43. The van der Waals surface area contributed by atoms with E-state index in [4.69, 9.17) is 0 Å². The first-order chi connectivity index (χ1) is 15.2. The molecule has 1 fully saturated rings. The highest BCUT2D eigenvalue weighted by Crippen LogP contribution is 2.41. The molecule has 32 heavy (non-hydrogen) atoms. The summed E-state index contributed by atoms with van der Waals surface area (Å²) >= 11 is 0. The summed E-state index contributed by atoms with van der Waals surface area (Å²) in [6.07, 6.45) is -2.37. The molecule has 1 aromatic heterocycles. The van der Waals surface area contributed by atoms with Gasteiger partial charge in [0.25, 0.3) is 0 Å². The Bertz CT molecular complexity index is 1200. The van der Waals surface area contributed by atoms with Gasteiger partial charge in [0, 0.05) is 43.2 Å². The van der Waals surface area contributed by atoms with Crippen LogP contribution in [0.25, 0.3) is 22.0 Å². The minimum absolute atomic E-state index is 0.148. The van der Waals surface area contributed by atoms with Gasteiger partial charge >= 0.3 is 6.18 Å². The molecule has 0 aliphatic carbocycles. The molecule has 2 heterocycles. The van der Waals surface area contributed by atoms with Crippen molar-refractivity contribution in [2.45, 2.75) is 6.18 Å². The molecule has 10 heteroatoms. The lowest BCUT2D eigenvalue weighted by molar-refractivity contribution is -0.137. The molecule has 166 valence electrons. The Balaban J connectivity index is 1.82. The van der Waals surface area contributed by atoms with Crippen molar-refractivity contribution in [2.75, 3.05) is 31.1 Å². The molecule has 5 nitrogen and oxygen atoms in total. The zero-order chi connectivity index (χ0) is 23.0. The van der Waals surface area contributed by atoms with Crippen LogP contribution in [0.3, 0.4) is 0 Å². The molecule has 0 N–H and O–H groups in total. The van der Waals surface area contributed by atoms with E-state index in [-0.39, 0.29) is 28.2 Å². The highest BCUT2D eigenvalue weighted by Gasteiger charge is 2.35. The van der Waals surface area contributed by atoms with Gasteiger partial charge in [-0.1, -0.05) is 6.58 Å². The Morgan fingerprint density at radius 3 is 2.34 bits per heavy atom. The summed E-state index contributed by atoms with van der Waals surface area (Å²) in [7, 11) is 0. The van der Waals surface area contributed by atoms with E-state index in [2.05, 4.69) is 16.5 Å². The third-order valence-corrected chi connectivity index (χ3v) is 5.35. The molecule has 0 saturated carbocycles. The van der Waals surface area contributed by atoms with Crippen LogP contribution in [0, 0.1) is 11.6 Å². The number of rotatable bonds is 3. The average Bonchev–Trinajstić information content (AvgIpc) is 2.77. The Morgan fingerprint density at radius 2 is 1.72 bits per heavy atom. The van der Waals surface area contributed by atoms with E-state index in [1.54, 1.807) is 9.80 Å². The van der Waals surface area contributed by atoms with Gasteiger partial charge in [-0.05, 0) is 35.9 Å². The molecule has 0 spiro atoms. The van der Waals surface area contributed by atoms with Crippen LogP contribution in [0.2, 0.25) is 0 Å². The predicted molar refractivity (Wildman–Crippen MR) is 109 cm³/mol. The van der Waals surface area contributed by atoms with Crippen LogP contribution < -0.4 is 4.90 Å². The summed E-state index contributed by atoms with van der Waals surface area (Å²) in [5.74, 6) is -1.92. The summed E-state index contributed by atoms with van der Waals surface area (Å²) in [5.41, 5.74) is -1.70. The number of halogens is 5. The highest BCUT2D eigenvalue weighted by atomic mass is 19.4. The molecule has 0 bridgehead atoms. The SMILES string of the molecule is C=CC(=O)N1CCN(c2ncnc3cc(-c4ccc(F)cc4F)c(C(F)(F)F)cc23)CC1. The second-order valence-electron chi connectivity index (χ2n) is 7.25. The summed E-state index contributed by atoms with van der Waals surface area (Å²) in [4.78, 5) is 23.4. The van der Waals surface area contributed by atoms with Crippen molar-refractivity contribution in [3.8, 4) is 11.1 Å². The largest absolute Gasteiger partial charge is 0.417 e. The van der Waals surface area contributed by atoms with E-state index in [1.807, 2.05) is 0 Å². The summed E-state index contributed by atoms with van der Waals surface area (Å²) < 4.78 is 69.4. The monoisotopic (exact) mass is 448 g/mol. The summed E-state index contributed by atoms with van der Waals surface area (Å²) in [6.45, 7) is 4.90. The minimum atomic E-state index is -4.80. The number of hydrogen-bond acceptors (Lipinski definition) is 4. The van der Waals surface area contributed by atoms with Gasteiger partial charge in [0.05, 0.1) is 11.1 Å². The van der Waals surface area contributed by atoms with Crippen LogP contribution in [-0.4, -0.2) is 47.0 Å². The normalized spacial score (nSPS) is 14.7. The zero-order valence-corrected chi connectivity index (χ0v) is 16.7. The number of benzene rings is 2. The molecule has 1 aliphatic rings. The first-order valence-electron chi connectivity index (χ1n) is 9.66. The summed E-state index contributed by atoms with van der Waals surface area (Å²) in [6, 6.07) is 4.44. The van der Waals surface area contributed by atoms with Crippen LogP contribution in [0.4, 0.5) is 27.8 Å². The van der Waals surface area contributed by atoms with Gasteiger partial charge in [0.15, 0.2) is 0 Å². The van der Waals surface area contributed by atoms with Gasteiger partial charge in [-0.3, -0.25) is 4.79 Å². The van der Waals surface area contributed by atoms with Crippen LogP contribution in [-0.2, 0) is 11.0 Å². The maximum atomic E-state index is 14.3. The fraction of sp³-hybridized carbons (Fsp3) is 0.227. The zero-order valence-electron chi connectivity index (χ0n) is 16.7. The molecule has 1 aliphatic heterocycles. The van der Waals surface area contributed by atoms with E-state index in [0.717, 1.165) is 24.3 Å². The molecule has 0 radical (unpaired) electrons. The molecule has 4 rings (SSSR count). The van der Waals surface area contributed by atoms with Crippen molar-refractivity contribution in [2.24, 2.45) is 0 Å². The van der Waals surface area contributed by atoms with E-state index < -0.39 is 28.9 Å². The quantitative estimate of drug-likeness (QED) is 0.440. The number of fused-ring (bicyclic) bond motifs is 1. The van der Waals surface area contributed by atoms with Gasteiger partial charge in [0.2, 0.25) is 5.91 Å². The topological polar surface area (TPSA) is 49.3 Å². The maximum Gasteiger partial charge on any atom is 0.417 e. The minimum Gasteiger partial charge on any atom is -0.352 e. The number of piperazine rings is 1. The number of hydrogen-bond donors (Lipinski definition) is 0. The van der Waals surface area contributed by atoms with Gasteiger partial charge in [0.1, 0.15) is 23.8 Å². The first-order valence-corrected chi connectivity index (χ1v) is 9.66. The van der Waals surface area contributed by atoms with Gasteiger partial charge in [-0.2, -0.15) is 13.2 Å². The van der Waals surface area contributed by atoms with Crippen LogP contribution >= 0.6 is 0 Å². The second-order valence-corrected chi connectivity index (χ2v) is 7.25. The Kier molecular flexibility index (Phi) is 5.53. The highest BCUT2D eigenvalue weighted by molar-refractivity contribution is 5.94. The van der Waals surface area contributed by atoms with Crippen molar-refractivity contribution >= 4 is 22.6 Å². The molecule has 3 aromatic rings. The van der Waals surface area contributed by atoms with Crippen molar-refractivity contribution < 1.29 is 26.7 Å². The van der Waals surface area contributed by atoms with Crippen molar-refractivity contribution in [1.29, 1.82) is 0 Å². The lowest BCUT2D eigenvalue weighted by Gasteiger charge is -2.35. The number of nitrogens with zero attached hydrogens (tertiary/aromatic N) is 4. The van der Waals surface area contributed by atoms with Crippen LogP contribution in [0.5, 0.6) is 0 Å². The third kappa shape index (κ3) is 4.00. The lowest BCUT2D eigenvalue weighted by atomic mass is 9.96. The van der Waals surface area contributed by atoms with Crippen molar-refractivity contribution in [3.63, 3.8) is 0 Å². The standard InChI is InChI=1S/C22H17F5N4O/c1-2-20(32)30-5-7-31(8-6-30)21-16-10-17(22(25,26)27)15(11-19(16)28-12-29-21)14-4-3-13(23)9-18(14)24/h2-4,9-12H,1,5-8H2. The van der Waals surface area contributed by atoms with Crippen LogP contribution in [0.15, 0.2) is 49.3 Å². The van der Waals surface area contributed by atoms with E-state index in [0.29, 0.717) is 32.2 Å².